The van der Waals surface area contributed by atoms with E-state index in [0.29, 0.717) is 12.5 Å². The normalized spacial score (nSPS) is 23.7. The fourth-order valence-electron chi connectivity index (χ4n) is 2.88. The van der Waals surface area contributed by atoms with E-state index in [0.717, 1.165) is 19.4 Å². The lowest BCUT2D eigenvalue weighted by Crippen LogP contribution is -2.46. The highest BCUT2D eigenvalue weighted by molar-refractivity contribution is 5.75. The van der Waals surface area contributed by atoms with Crippen LogP contribution in [0.15, 0.2) is 24.3 Å². The highest BCUT2D eigenvalue weighted by Gasteiger charge is 2.38. The molecule has 0 aromatic heterocycles. The molecule has 1 aromatic carbocycles. The highest BCUT2D eigenvalue weighted by Crippen LogP contribution is 2.35. The lowest BCUT2D eigenvalue weighted by molar-refractivity contribution is -0.148. The van der Waals surface area contributed by atoms with Crippen molar-refractivity contribution in [1.29, 1.82) is 0 Å². The van der Waals surface area contributed by atoms with Crippen LogP contribution in [0.3, 0.4) is 0 Å². The van der Waals surface area contributed by atoms with Crippen LogP contribution in [0, 0.1) is 5.41 Å². The molecule has 0 aliphatic carbocycles. The molecule has 1 heterocycles. The molecule has 0 bridgehead atoms. The number of anilines is 1. The summed E-state index contributed by atoms with van der Waals surface area (Å²) in [5, 5.41) is 9.41. The second kappa shape index (κ2) is 5.24. The van der Waals surface area contributed by atoms with Crippen LogP contribution < -0.4 is 4.90 Å². The molecule has 19 heavy (non-hydrogen) atoms. The quantitative estimate of drug-likeness (QED) is 0.905. The first-order valence-electron chi connectivity index (χ1n) is 7.01. The Labute approximate surface area is 115 Å². The van der Waals surface area contributed by atoms with Crippen LogP contribution in [-0.2, 0) is 4.79 Å². The Bertz CT molecular complexity index is 470. The number of hydrogen-bond donors (Lipinski definition) is 1. The van der Waals surface area contributed by atoms with Gasteiger partial charge < -0.3 is 10.0 Å². The van der Waals surface area contributed by atoms with Gasteiger partial charge >= 0.3 is 5.97 Å². The van der Waals surface area contributed by atoms with Crippen molar-refractivity contribution in [1.82, 2.24) is 0 Å². The van der Waals surface area contributed by atoms with Crippen molar-refractivity contribution in [3.05, 3.63) is 29.8 Å². The smallest absolute Gasteiger partial charge is 0.311 e. The summed E-state index contributed by atoms with van der Waals surface area (Å²) in [5.74, 6) is -0.228. The lowest BCUT2D eigenvalue weighted by atomic mass is 9.81. The van der Waals surface area contributed by atoms with Gasteiger partial charge in [-0.15, -0.1) is 0 Å². The Morgan fingerprint density at radius 1 is 1.37 bits per heavy atom. The van der Waals surface area contributed by atoms with Crippen LogP contribution in [0.5, 0.6) is 0 Å². The number of para-hydroxylation sites is 1. The maximum Gasteiger partial charge on any atom is 0.311 e. The van der Waals surface area contributed by atoms with Crippen LogP contribution >= 0.6 is 0 Å². The Morgan fingerprint density at radius 3 is 2.68 bits per heavy atom. The van der Waals surface area contributed by atoms with Gasteiger partial charge in [0.2, 0.25) is 0 Å². The Morgan fingerprint density at radius 2 is 2.05 bits per heavy atom. The highest BCUT2D eigenvalue weighted by atomic mass is 16.4. The van der Waals surface area contributed by atoms with E-state index in [1.54, 1.807) is 0 Å². The van der Waals surface area contributed by atoms with Crippen molar-refractivity contribution in [3.8, 4) is 0 Å². The first-order valence-corrected chi connectivity index (χ1v) is 7.01. The Balaban J connectivity index is 2.30. The maximum atomic E-state index is 11.4. The number of aliphatic carboxylic acids is 1. The van der Waals surface area contributed by atoms with E-state index >= 15 is 0 Å². The summed E-state index contributed by atoms with van der Waals surface area (Å²) in [6, 6.07) is 8.35. The zero-order valence-electron chi connectivity index (χ0n) is 12.0. The van der Waals surface area contributed by atoms with E-state index in [1.165, 1.54) is 11.3 Å². The molecular formula is C16H23NO2. The number of carboxylic acid groups (broad SMARTS) is 1. The summed E-state index contributed by atoms with van der Waals surface area (Å²) in [5.41, 5.74) is 1.88. The molecule has 1 fully saturated rings. The van der Waals surface area contributed by atoms with Crippen molar-refractivity contribution < 1.29 is 9.90 Å². The summed E-state index contributed by atoms with van der Waals surface area (Å²) in [6.07, 6.45) is 1.71. The summed E-state index contributed by atoms with van der Waals surface area (Å²) >= 11 is 0. The molecule has 0 saturated carbocycles. The van der Waals surface area contributed by atoms with Gasteiger partial charge in [0.15, 0.2) is 0 Å². The second-order valence-corrected chi connectivity index (χ2v) is 6.10. The van der Waals surface area contributed by atoms with Crippen LogP contribution in [0.1, 0.15) is 45.1 Å². The molecule has 0 spiro atoms. The van der Waals surface area contributed by atoms with Gasteiger partial charge in [-0.2, -0.15) is 0 Å². The zero-order valence-corrected chi connectivity index (χ0v) is 12.0. The Hall–Kier alpha value is -1.51. The van der Waals surface area contributed by atoms with E-state index in [9.17, 15) is 9.90 Å². The SMILES string of the molecule is CC(C)c1ccccc1N1CCCC(C)(C(=O)O)C1. The van der Waals surface area contributed by atoms with Crippen molar-refractivity contribution >= 4 is 11.7 Å². The molecule has 1 N–H and O–H groups in total. The number of nitrogens with zero attached hydrogens (tertiary/aromatic N) is 1. The van der Waals surface area contributed by atoms with Crippen molar-refractivity contribution in [2.75, 3.05) is 18.0 Å². The first-order chi connectivity index (χ1) is 8.94. The van der Waals surface area contributed by atoms with Crippen LogP contribution in [0.2, 0.25) is 0 Å². The average molecular weight is 261 g/mol. The third-order valence-corrected chi connectivity index (χ3v) is 4.11. The molecular weight excluding hydrogens is 238 g/mol. The molecule has 1 saturated heterocycles. The van der Waals surface area contributed by atoms with Gasteiger partial charge in [0.25, 0.3) is 0 Å². The summed E-state index contributed by atoms with van der Waals surface area (Å²) in [7, 11) is 0. The molecule has 104 valence electrons. The monoisotopic (exact) mass is 261 g/mol. The van der Waals surface area contributed by atoms with Crippen LogP contribution in [0.25, 0.3) is 0 Å². The molecule has 1 aromatic rings. The zero-order chi connectivity index (χ0) is 14.0. The number of piperidine rings is 1. The second-order valence-electron chi connectivity index (χ2n) is 6.10. The van der Waals surface area contributed by atoms with Gasteiger partial charge in [0.1, 0.15) is 0 Å². The van der Waals surface area contributed by atoms with E-state index in [2.05, 4.69) is 36.9 Å². The van der Waals surface area contributed by atoms with Gasteiger partial charge in [0, 0.05) is 18.8 Å². The minimum Gasteiger partial charge on any atom is -0.481 e. The molecule has 1 unspecified atom stereocenters. The van der Waals surface area contributed by atoms with E-state index < -0.39 is 11.4 Å². The third-order valence-electron chi connectivity index (χ3n) is 4.11. The third kappa shape index (κ3) is 2.75. The fourth-order valence-corrected chi connectivity index (χ4v) is 2.88. The summed E-state index contributed by atoms with van der Waals surface area (Å²) in [6.45, 7) is 7.77. The fraction of sp³-hybridized carbons (Fsp3) is 0.562. The van der Waals surface area contributed by atoms with E-state index in [1.807, 2.05) is 13.0 Å². The van der Waals surface area contributed by atoms with Crippen molar-refractivity contribution in [2.24, 2.45) is 5.41 Å². The van der Waals surface area contributed by atoms with Gasteiger partial charge in [-0.3, -0.25) is 4.79 Å². The average Bonchev–Trinajstić information content (AvgIpc) is 2.38. The number of benzene rings is 1. The minimum absolute atomic E-state index is 0.453. The molecule has 1 aliphatic rings. The maximum absolute atomic E-state index is 11.4. The molecule has 1 aliphatic heterocycles. The molecule has 3 nitrogen and oxygen atoms in total. The lowest BCUT2D eigenvalue weighted by Gasteiger charge is -2.40. The number of carbonyl (C=O) groups is 1. The molecule has 0 amide bonds. The minimum atomic E-state index is -0.681. The Kier molecular flexibility index (Phi) is 3.83. The summed E-state index contributed by atoms with van der Waals surface area (Å²) in [4.78, 5) is 13.7. The van der Waals surface area contributed by atoms with Gasteiger partial charge in [-0.05, 0) is 37.3 Å². The largest absolute Gasteiger partial charge is 0.481 e. The van der Waals surface area contributed by atoms with Crippen molar-refractivity contribution in [3.63, 3.8) is 0 Å². The van der Waals surface area contributed by atoms with Crippen LogP contribution in [0.4, 0.5) is 5.69 Å². The van der Waals surface area contributed by atoms with Gasteiger partial charge in [0.05, 0.1) is 5.41 Å². The predicted molar refractivity (Wildman–Crippen MR) is 77.7 cm³/mol. The number of hydrogen-bond acceptors (Lipinski definition) is 2. The topological polar surface area (TPSA) is 40.5 Å². The standard InChI is InChI=1S/C16H23NO2/c1-12(2)13-7-4-5-8-14(13)17-10-6-9-16(3,11-17)15(18)19/h4-5,7-8,12H,6,9-11H2,1-3H3,(H,18,19). The molecule has 3 heteroatoms. The van der Waals surface area contributed by atoms with Crippen molar-refractivity contribution in [2.45, 2.75) is 39.5 Å². The molecule has 1 atom stereocenters. The number of rotatable bonds is 3. The first kappa shape index (κ1) is 13.9. The van der Waals surface area contributed by atoms with E-state index in [-0.39, 0.29) is 0 Å². The molecule has 0 radical (unpaired) electrons. The molecule has 2 rings (SSSR count). The van der Waals surface area contributed by atoms with Gasteiger partial charge in [-0.25, -0.2) is 0 Å². The van der Waals surface area contributed by atoms with E-state index in [4.69, 9.17) is 0 Å². The summed E-state index contributed by atoms with van der Waals surface area (Å²) < 4.78 is 0. The van der Waals surface area contributed by atoms with Crippen LogP contribution in [-0.4, -0.2) is 24.2 Å². The van der Waals surface area contributed by atoms with Gasteiger partial charge in [-0.1, -0.05) is 32.0 Å². The predicted octanol–water partition coefficient (Wildman–Crippen LogP) is 3.50. The number of carboxylic acids is 1.